The van der Waals surface area contributed by atoms with Gasteiger partial charge in [-0.25, -0.2) is 4.98 Å². The van der Waals surface area contributed by atoms with Crippen LogP contribution in [0.2, 0.25) is 0 Å². The topological polar surface area (TPSA) is 167 Å². The van der Waals surface area contributed by atoms with Crippen molar-refractivity contribution in [3.05, 3.63) is 92.7 Å². The Hall–Kier alpha value is -5.04. The van der Waals surface area contributed by atoms with Gasteiger partial charge in [0, 0.05) is 96.0 Å². The number of hydrogen-bond acceptors (Lipinski definition) is 14. The molecular formula is C57H66N4O8S2. The van der Waals surface area contributed by atoms with Gasteiger partial charge in [-0.1, -0.05) is 64.3 Å². The van der Waals surface area contributed by atoms with Gasteiger partial charge < -0.3 is 50.3 Å². The molecule has 2 saturated carbocycles. The highest BCUT2D eigenvalue weighted by atomic mass is 33.1. The number of benzene rings is 3. The lowest BCUT2D eigenvalue weighted by molar-refractivity contribution is -0.141. The lowest BCUT2D eigenvalue weighted by atomic mass is 9.65. The second kappa shape index (κ2) is 20.5. The molecule has 0 radical (unpaired) electrons. The number of nitrogens with zero attached hydrogens (tertiary/aromatic N) is 1. The molecule has 71 heavy (non-hydrogen) atoms. The Balaban J connectivity index is 1.15. The van der Waals surface area contributed by atoms with Gasteiger partial charge in [-0.05, 0) is 123 Å². The lowest BCUT2D eigenvalue weighted by Crippen LogP contribution is -2.49. The number of esters is 1. The van der Waals surface area contributed by atoms with Crippen molar-refractivity contribution in [2.24, 2.45) is 11.8 Å². The number of methoxy groups -OCH3 is 2. The first-order valence-corrected chi connectivity index (χ1v) is 28.2. The number of nitrogens with two attached hydrogens (primary N) is 1. The fourth-order valence-electron chi connectivity index (χ4n) is 13.1. The van der Waals surface area contributed by atoms with Crippen LogP contribution in [0.4, 0.5) is 5.82 Å². The minimum absolute atomic E-state index is 0.0771. The first-order valence-electron chi connectivity index (χ1n) is 25.7. The van der Waals surface area contributed by atoms with Crippen LogP contribution >= 0.6 is 21.6 Å². The lowest BCUT2D eigenvalue weighted by Gasteiger charge is -2.39. The number of pyridine rings is 1. The van der Waals surface area contributed by atoms with Crippen molar-refractivity contribution in [1.82, 2.24) is 15.6 Å². The molecule has 4 aliphatic heterocycles. The van der Waals surface area contributed by atoms with E-state index in [9.17, 15) is 15.0 Å². The zero-order valence-corrected chi connectivity index (χ0v) is 42.7. The predicted octanol–water partition coefficient (Wildman–Crippen LogP) is 9.48. The van der Waals surface area contributed by atoms with E-state index in [-0.39, 0.29) is 48.1 Å². The van der Waals surface area contributed by atoms with Gasteiger partial charge in [0.2, 0.25) is 0 Å². The average molecular weight is 999 g/mol. The summed E-state index contributed by atoms with van der Waals surface area (Å²) < 4.78 is 32.5. The number of nitrogens with one attached hydrogen (secondary N) is 2. The maximum atomic E-state index is 12.9. The molecule has 11 rings (SSSR count). The molecule has 1 saturated heterocycles. The van der Waals surface area contributed by atoms with Crippen LogP contribution < -0.4 is 30.6 Å². The molecule has 3 aliphatic carbocycles. The molecule has 7 aliphatic rings. The number of phenols is 2. The highest BCUT2D eigenvalue weighted by Gasteiger charge is 2.51. The Morgan fingerprint density at radius 3 is 2.79 bits per heavy atom. The van der Waals surface area contributed by atoms with Gasteiger partial charge >= 0.3 is 5.97 Å². The molecule has 1 spiro atoms. The van der Waals surface area contributed by atoms with Crippen LogP contribution in [0.15, 0.2) is 42.5 Å². The number of carbonyl (C=O) groups excluding carboxylic acids is 1. The highest BCUT2D eigenvalue weighted by molar-refractivity contribution is 8.76. The largest absolute Gasteiger partial charge is 0.508 e. The summed E-state index contributed by atoms with van der Waals surface area (Å²) in [7, 11) is 7.17. The molecule has 12 nitrogen and oxygen atoms in total. The van der Waals surface area contributed by atoms with E-state index < -0.39 is 12.0 Å². The van der Waals surface area contributed by atoms with E-state index in [4.69, 9.17) is 34.4 Å². The van der Waals surface area contributed by atoms with E-state index in [1.807, 2.05) is 33.7 Å². The van der Waals surface area contributed by atoms with E-state index in [2.05, 4.69) is 52.8 Å². The zero-order valence-electron chi connectivity index (χ0n) is 41.1. The monoisotopic (exact) mass is 998 g/mol. The quantitative estimate of drug-likeness (QED) is 0.0441. The van der Waals surface area contributed by atoms with Crippen LogP contribution in [0.5, 0.6) is 28.7 Å². The summed E-state index contributed by atoms with van der Waals surface area (Å²) in [5, 5.41) is 31.7. The summed E-state index contributed by atoms with van der Waals surface area (Å²) in [6, 6.07) is 12.2. The average Bonchev–Trinajstić information content (AvgIpc) is 3.87. The van der Waals surface area contributed by atoms with E-state index in [1.165, 1.54) is 19.8 Å². The molecule has 1 aromatic heterocycles. The summed E-state index contributed by atoms with van der Waals surface area (Å²) in [5.41, 5.74) is 16.1. The van der Waals surface area contributed by atoms with E-state index in [0.29, 0.717) is 72.6 Å². The highest BCUT2D eigenvalue weighted by Crippen LogP contribution is 2.63. The first kappa shape index (κ1) is 48.2. The van der Waals surface area contributed by atoms with E-state index >= 15 is 0 Å². The fourth-order valence-corrected chi connectivity index (χ4v) is 15.8. The summed E-state index contributed by atoms with van der Waals surface area (Å²) in [6.07, 6.45) is 14.5. The van der Waals surface area contributed by atoms with Gasteiger partial charge in [0.1, 0.15) is 47.6 Å². The predicted molar refractivity (Wildman–Crippen MR) is 280 cm³/mol. The summed E-state index contributed by atoms with van der Waals surface area (Å²) in [4.78, 5) is 17.8. The Morgan fingerprint density at radius 2 is 1.93 bits per heavy atom. The Morgan fingerprint density at radius 1 is 1.04 bits per heavy atom. The maximum absolute atomic E-state index is 12.9. The van der Waals surface area contributed by atoms with Crippen molar-refractivity contribution in [2.45, 2.75) is 126 Å². The van der Waals surface area contributed by atoms with Crippen LogP contribution in [-0.4, -0.2) is 84.8 Å². The number of rotatable bonds is 10. The first-order chi connectivity index (χ1) is 34.6. The van der Waals surface area contributed by atoms with Crippen LogP contribution in [-0.2, 0) is 45.5 Å². The van der Waals surface area contributed by atoms with Crippen molar-refractivity contribution < 1.29 is 38.7 Å². The molecule has 374 valence electrons. The number of carbonyl (C=O) groups is 1. The van der Waals surface area contributed by atoms with Crippen molar-refractivity contribution in [3.63, 3.8) is 0 Å². The summed E-state index contributed by atoms with van der Waals surface area (Å²) in [6.45, 7) is 3.26. The number of ether oxygens (including phenoxy) is 5. The molecular weight excluding hydrogens is 933 g/mol. The van der Waals surface area contributed by atoms with Crippen LogP contribution in [0.25, 0.3) is 17.2 Å². The number of phenolic OH excluding ortho intramolecular Hbond substituents is 2. The van der Waals surface area contributed by atoms with Crippen LogP contribution in [0.1, 0.15) is 127 Å². The van der Waals surface area contributed by atoms with Crippen molar-refractivity contribution in [3.8, 4) is 51.7 Å². The number of unbranched alkanes of at least 4 members (excludes halogenated alkanes) is 1. The molecule has 5 heterocycles. The van der Waals surface area contributed by atoms with Gasteiger partial charge in [0.05, 0.1) is 19.1 Å². The van der Waals surface area contributed by atoms with Gasteiger partial charge in [0.25, 0.3) is 0 Å². The van der Waals surface area contributed by atoms with Gasteiger partial charge in [-0.3, -0.25) is 4.79 Å². The third-order valence-corrected chi connectivity index (χ3v) is 18.9. The third kappa shape index (κ3) is 9.35. The normalized spacial score (nSPS) is 26.7. The number of anilines is 1. The number of nitrogen functional groups attached to an aromatic ring is 1. The zero-order chi connectivity index (χ0) is 48.8. The molecule has 14 heteroatoms. The Kier molecular flexibility index (Phi) is 13.9. The van der Waals surface area contributed by atoms with E-state index in [0.717, 1.165) is 119 Å². The van der Waals surface area contributed by atoms with Crippen molar-refractivity contribution >= 4 is 39.5 Å². The van der Waals surface area contributed by atoms with Gasteiger partial charge in [-0.15, -0.1) is 0 Å². The number of hydrogen-bond donors (Lipinski definition) is 5. The van der Waals surface area contributed by atoms with Crippen molar-refractivity contribution in [1.29, 1.82) is 0 Å². The molecule has 6 N–H and O–H groups in total. The number of aromatic nitrogens is 1. The van der Waals surface area contributed by atoms with E-state index in [1.54, 1.807) is 20.3 Å². The minimum atomic E-state index is -0.673. The maximum Gasteiger partial charge on any atom is 0.302 e. The second-order valence-corrected chi connectivity index (χ2v) is 23.4. The number of aromatic hydroxyl groups is 2. The standard InChI is InChI=1S/C57H66N4O8S2/c1-32(62)67-29-44-40-13-14-41-50-36(24-38(63)25-47(50)66-3)27-57-19-18-33(26-57)22-35-12-17-49(58)61-45(35)11-7-10-39-43(28-59-20-4-5-21-65-2)53(64)56-42(51(39)54(44)69-55(40)52(41)57)15-16-46-48(68-56)31-71-70-30-34-8-6-9-37(23-34)60-46/h12-17,24-25,33-34,37,44,46,48,54,59-60,63-64H,4-6,8-10,18-23,26-31H2,1-3H3,(H2,58,61). The summed E-state index contributed by atoms with van der Waals surface area (Å²) in [5.74, 6) is 11.6. The fraction of sp³-hybridized carbons (Fsp3) is 0.509. The Labute approximate surface area is 425 Å². The molecule has 6 bridgehead atoms. The van der Waals surface area contributed by atoms with Crippen LogP contribution in [0.3, 0.4) is 0 Å². The second-order valence-electron chi connectivity index (χ2n) is 20.9. The molecule has 8 atom stereocenters. The van der Waals surface area contributed by atoms with Crippen molar-refractivity contribution in [2.75, 3.05) is 51.2 Å². The van der Waals surface area contributed by atoms with Gasteiger partial charge in [-0.2, -0.15) is 0 Å². The molecule has 4 aromatic rings. The molecule has 3 aromatic carbocycles. The Bertz CT molecular complexity index is 2810. The van der Waals surface area contributed by atoms with Gasteiger partial charge in [0.15, 0.2) is 11.5 Å². The molecule has 3 fully saturated rings. The third-order valence-electron chi connectivity index (χ3n) is 16.3. The molecule has 8 unspecified atom stereocenters. The SMILES string of the molecule is COCCCCNCc1c(O)c2c(c3c1CC#Cc1nc(N)ccc1CC1CCC4(Cc5cc(O)cc(OC)c5-c5ccc6c(c54)OC3C6COC(C)=O)C1)C=CC1NC3CCCC(CSSCC1O2)C3. The molecule has 0 amide bonds. The minimum Gasteiger partial charge on any atom is -0.508 e. The summed E-state index contributed by atoms with van der Waals surface area (Å²) >= 11 is 0. The van der Waals surface area contributed by atoms with Crippen LogP contribution in [0, 0.1) is 23.7 Å². The number of fused-ring (bicyclic) bond motifs is 12. The smallest absolute Gasteiger partial charge is 0.302 e.